The third kappa shape index (κ3) is 4.42. The van der Waals surface area contributed by atoms with Crippen LogP contribution in [0.2, 0.25) is 0 Å². The van der Waals surface area contributed by atoms with Crippen molar-refractivity contribution in [1.29, 1.82) is 0 Å². The van der Waals surface area contributed by atoms with E-state index in [0.29, 0.717) is 11.0 Å². The molecule has 0 amide bonds. The molecular weight excluding hydrogens is 299 g/mol. The highest BCUT2D eigenvalue weighted by atomic mass is 32.1. The first-order valence-electron chi connectivity index (χ1n) is 6.57. The number of nitrogens with one attached hydrogen (secondary N) is 1. The van der Waals surface area contributed by atoms with Crippen LogP contribution in [0.25, 0.3) is 0 Å². The van der Waals surface area contributed by atoms with Gasteiger partial charge in [0.25, 0.3) is 0 Å². The third-order valence-electron chi connectivity index (χ3n) is 2.80. The Morgan fingerprint density at radius 2 is 1.90 bits per heavy atom. The van der Waals surface area contributed by atoms with Crippen LogP contribution in [0.3, 0.4) is 0 Å². The fourth-order valence-electron chi connectivity index (χ4n) is 1.88. The highest BCUT2D eigenvalue weighted by molar-refractivity contribution is 7.15. The number of rotatable bonds is 5. The fourth-order valence-corrected chi connectivity index (χ4v) is 2.83. The predicted octanol–water partition coefficient (Wildman–Crippen LogP) is 4.37. The summed E-state index contributed by atoms with van der Waals surface area (Å²) < 4.78 is 38.6. The zero-order valence-electron chi connectivity index (χ0n) is 11.7. The molecule has 114 valence electrons. The molecule has 0 aliphatic rings. The first-order chi connectivity index (χ1) is 9.86. The van der Waals surface area contributed by atoms with Crippen molar-refractivity contribution >= 4 is 16.5 Å². The molecule has 21 heavy (non-hydrogen) atoms. The molecule has 1 heterocycles. The van der Waals surface area contributed by atoms with Crippen molar-refractivity contribution in [2.24, 2.45) is 5.92 Å². The average Bonchev–Trinajstić information content (AvgIpc) is 2.82. The van der Waals surface area contributed by atoms with Crippen LogP contribution in [0.1, 0.15) is 30.0 Å². The number of anilines is 1. The molecule has 3 nitrogen and oxygen atoms in total. The number of alkyl halides is 3. The molecule has 0 atom stereocenters. The molecule has 2 rings (SSSR count). The van der Waals surface area contributed by atoms with Crippen molar-refractivity contribution in [2.45, 2.75) is 33.0 Å². The SMILES string of the molecule is CC(C)Cc1nnc(NCc2ccccc2C(F)(F)F)s1. The largest absolute Gasteiger partial charge is 0.416 e. The number of nitrogens with zero attached hydrogens (tertiary/aromatic N) is 2. The summed E-state index contributed by atoms with van der Waals surface area (Å²) in [6.07, 6.45) is -3.53. The summed E-state index contributed by atoms with van der Waals surface area (Å²) >= 11 is 1.38. The summed E-state index contributed by atoms with van der Waals surface area (Å²) in [5, 5.41) is 12.3. The first kappa shape index (κ1) is 15.8. The van der Waals surface area contributed by atoms with Crippen LogP contribution in [-0.2, 0) is 19.1 Å². The highest BCUT2D eigenvalue weighted by Gasteiger charge is 2.32. The summed E-state index contributed by atoms with van der Waals surface area (Å²) in [6.45, 7) is 4.23. The molecule has 0 spiro atoms. The Labute approximate surface area is 125 Å². The Morgan fingerprint density at radius 1 is 1.19 bits per heavy atom. The number of hydrogen-bond donors (Lipinski definition) is 1. The van der Waals surface area contributed by atoms with Crippen LogP contribution in [0.4, 0.5) is 18.3 Å². The van der Waals surface area contributed by atoms with Gasteiger partial charge in [-0.15, -0.1) is 10.2 Å². The van der Waals surface area contributed by atoms with Crippen molar-refractivity contribution in [3.05, 3.63) is 40.4 Å². The van der Waals surface area contributed by atoms with Gasteiger partial charge in [0.15, 0.2) is 0 Å². The molecule has 0 aliphatic heterocycles. The molecular formula is C14H16F3N3S. The maximum absolute atomic E-state index is 12.9. The fraction of sp³-hybridized carbons (Fsp3) is 0.429. The quantitative estimate of drug-likeness (QED) is 0.890. The van der Waals surface area contributed by atoms with Crippen molar-refractivity contribution in [1.82, 2.24) is 10.2 Å². The third-order valence-corrected chi connectivity index (χ3v) is 3.71. The van der Waals surface area contributed by atoms with Crippen LogP contribution < -0.4 is 5.32 Å². The lowest BCUT2D eigenvalue weighted by atomic mass is 10.1. The smallest absolute Gasteiger partial charge is 0.356 e. The van der Waals surface area contributed by atoms with Crippen LogP contribution in [0, 0.1) is 5.92 Å². The molecule has 0 fully saturated rings. The lowest BCUT2D eigenvalue weighted by molar-refractivity contribution is -0.138. The van der Waals surface area contributed by atoms with Gasteiger partial charge in [0, 0.05) is 13.0 Å². The second kappa shape index (κ2) is 6.43. The monoisotopic (exact) mass is 315 g/mol. The van der Waals surface area contributed by atoms with Crippen LogP contribution >= 0.6 is 11.3 Å². The van der Waals surface area contributed by atoms with Gasteiger partial charge in [-0.3, -0.25) is 0 Å². The Morgan fingerprint density at radius 3 is 2.57 bits per heavy atom. The zero-order valence-corrected chi connectivity index (χ0v) is 12.6. The van der Waals surface area contributed by atoms with E-state index in [9.17, 15) is 13.2 Å². The minimum Gasteiger partial charge on any atom is -0.356 e. The minimum atomic E-state index is -4.35. The molecule has 1 aromatic heterocycles. The molecule has 0 bridgehead atoms. The Kier molecular flexibility index (Phi) is 4.82. The Hall–Kier alpha value is -1.63. The Balaban J connectivity index is 2.05. The first-order valence-corrected chi connectivity index (χ1v) is 7.39. The van der Waals surface area contributed by atoms with Gasteiger partial charge in [-0.05, 0) is 17.5 Å². The molecule has 0 saturated carbocycles. The molecule has 2 aromatic rings. The maximum atomic E-state index is 12.9. The van der Waals surface area contributed by atoms with Gasteiger partial charge in [0.05, 0.1) is 5.56 Å². The predicted molar refractivity (Wildman–Crippen MR) is 77.2 cm³/mol. The highest BCUT2D eigenvalue weighted by Crippen LogP contribution is 2.32. The van der Waals surface area contributed by atoms with Gasteiger partial charge in [-0.2, -0.15) is 13.2 Å². The number of aromatic nitrogens is 2. The van der Waals surface area contributed by atoms with E-state index in [1.807, 2.05) is 0 Å². The van der Waals surface area contributed by atoms with Crippen LogP contribution in [0.15, 0.2) is 24.3 Å². The summed E-state index contributed by atoms with van der Waals surface area (Å²) in [5.41, 5.74) is -0.421. The summed E-state index contributed by atoms with van der Waals surface area (Å²) in [4.78, 5) is 0. The van der Waals surface area contributed by atoms with Gasteiger partial charge in [-0.1, -0.05) is 43.4 Å². The van der Waals surface area contributed by atoms with Crippen molar-refractivity contribution in [2.75, 3.05) is 5.32 Å². The minimum absolute atomic E-state index is 0.0754. The molecule has 7 heteroatoms. The molecule has 0 unspecified atom stereocenters. The van der Waals surface area contributed by atoms with Crippen molar-refractivity contribution in [3.8, 4) is 0 Å². The molecule has 0 aliphatic carbocycles. The van der Waals surface area contributed by atoms with Gasteiger partial charge < -0.3 is 5.32 Å². The van der Waals surface area contributed by atoms with Gasteiger partial charge in [0.1, 0.15) is 5.01 Å². The molecule has 1 aromatic carbocycles. The van der Waals surface area contributed by atoms with Crippen molar-refractivity contribution < 1.29 is 13.2 Å². The van der Waals surface area contributed by atoms with Crippen LogP contribution in [-0.4, -0.2) is 10.2 Å². The summed E-state index contributed by atoms with van der Waals surface area (Å²) in [5.74, 6) is 0.469. The van der Waals surface area contributed by atoms with Crippen molar-refractivity contribution in [3.63, 3.8) is 0 Å². The second-order valence-electron chi connectivity index (χ2n) is 5.11. The average molecular weight is 315 g/mol. The van der Waals surface area contributed by atoms with Gasteiger partial charge in [-0.25, -0.2) is 0 Å². The lowest BCUT2D eigenvalue weighted by Crippen LogP contribution is -2.11. The Bertz CT molecular complexity index is 593. The second-order valence-corrected chi connectivity index (χ2v) is 6.17. The van der Waals surface area contributed by atoms with E-state index in [1.165, 1.54) is 23.5 Å². The molecule has 0 saturated heterocycles. The number of benzene rings is 1. The molecule has 1 N–H and O–H groups in total. The van der Waals surface area contributed by atoms with E-state index >= 15 is 0 Å². The van der Waals surface area contributed by atoms with Gasteiger partial charge >= 0.3 is 6.18 Å². The van der Waals surface area contributed by atoms with E-state index in [1.54, 1.807) is 6.07 Å². The van der Waals surface area contributed by atoms with E-state index < -0.39 is 11.7 Å². The standard InChI is InChI=1S/C14H16F3N3S/c1-9(2)7-12-19-20-13(21-12)18-8-10-5-3-4-6-11(10)14(15,16)17/h3-6,9H,7-8H2,1-2H3,(H,18,20). The zero-order chi connectivity index (χ0) is 15.5. The van der Waals surface area contributed by atoms with E-state index in [4.69, 9.17) is 0 Å². The van der Waals surface area contributed by atoms with E-state index in [2.05, 4.69) is 29.4 Å². The molecule has 0 radical (unpaired) electrons. The van der Waals surface area contributed by atoms with Gasteiger partial charge in [0.2, 0.25) is 5.13 Å². The van der Waals surface area contributed by atoms with Crippen LogP contribution in [0.5, 0.6) is 0 Å². The number of halogens is 3. The number of hydrogen-bond acceptors (Lipinski definition) is 4. The topological polar surface area (TPSA) is 37.8 Å². The lowest BCUT2D eigenvalue weighted by Gasteiger charge is -2.12. The maximum Gasteiger partial charge on any atom is 0.416 e. The summed E-state index contributed by atoms with van der Waals surface area (Å²) in [6, 6.07) is 5.53. The van der Waals surface area contributed by atoms with E-state index in [-0.39, 0.29) is 12.1 Å². The normalized spacial score (nSPS) is 11.9. The summed E-state index contributed by atoms with van der Waals surface area (Å²) in [7, 11) is 0. The van der Waals surface area contributed by atoms with E-state index in [0.717, 1.165) is 17.5 Å².